The molecule has 0 unspecified atom stereocenters. The van der Waals surface area contributed by atoms with Gasteiger partial charge in [0.2, 0.25) is 0 Å². The molecular formula is C15H14N2O3. The first-order valence-corrected chi connectivity index (χ1v) is 6.06. The lowest BCUT2D eigenvalue weighted by atomic mass is 10.0. The van der Waals surface area contributed by atoms with Crippen molar-refractivity contribution in [1.82, 2.24) is 0 Å². The first kappa shape index (κ1) is 13.7. The molecule has 20 heavy (non-hydrogen) atoms. The fraction of sp³-hybridized carbons (Fsp3) is 0.133. The standard InChI is InChI=1S/C15H14N2O3/c1-16(2)12-9-7-11(8-10-12)15(18)13-5-3-4-6-14(13)17(19)20/h3-10H,1-2H3. The van der Waals surface area contributed by atoms with Crippen molar-refractivity contribution in [2.45, 2.75) is 0 Å². The predicted molar refractivity (Wildman–Crippen MR) is 77.3 cm³/mol. The van der Waals surface area contributed by atoms with Crippen molar-refractivity contribution in [2.24, 2.45) is 0 Å². The van der Waals surface area contributed by atoms with Crippen LogP contribution in [0.5, 0.6) is 0 Å². The van der Waals surface area contributed by atoms with Crippen LogP contribution in [0.3, 0.4) is 0 Å². The number of carbonyl (C=O) groups excluding carboxylic acids is 1. The molecule has 0 radical (unpaired) electrons. The van der Waals surface area contributed by atoms with Gasteiger partial charge in [-0.1, -0.05) is 12.1 Å². The Bertz CT molecular complexity index is 648. The van der Waals surface area contributed by atoms with E-state index in [1.165, 1.54) is 12.1 Å². The number of benzene rings is 2. The van der Waals surface area contributed by atoms with E-state index in [4.69, 9.17) is 0 Å². The third kappa shape index (κ3) is 2.66. The second kappa shape index (κ2) is 5.52. The minimum absolute atomic E-state index is 0.107. The first-order valence-electron chi connectivity index (χ1n) is 6.06. The van der Waals surface area contributed by atoms with Gasteiger partial charge in [-0.05, 0) is 30.3 Å². The topological polar surface area (TPSA) is 63.5 Å². The van der Waals surface area contributed by atoms with Crippen molar-refractivity contribution in [3.05, 3.63) is 69.8 Å². The van der Waals surface area contributed by atoms with Crippen molar-refractivity contribution in [1.29, 1.82) is 0 Å². The number of hydrogen-bond acceptors (Lipinski definition) is 4. The average molecular weight is 270 g/mol. The molecule has 0 aliphatic rings. The maximum absolute atomic E-state index is 12.3. The van der Waals surface area contributed by atoms with Crippen LogP contribution >= 0.6 is 0 Å². The molecule has 0 aliphatic carbocycles. The zero-order valence-corrected chi connectivity index (χ0v) is 11.2. The Hall–Kier alpha value is -2.69. The van der Waals surface area contributed by atoms with Crippen LogP contribution in [-0.2, 0) is 0 Å². The van der Waals surface area contributed by atoms with Gasteiger partial charge in [0.15, 0.2) is 5.78 Å². The van der Waals surface area contributed by atoms with E-state index in [0.29, 0.717) is 5.56 Å². The number of anilines is 1. The summed E-state index contributed by atoms with van der Waals surface area (Å²) in [6, 6.07) is 12.9. The highest BCUT2D eigenvalue weighted by atomic mass is 16.6. The van der Waals surface area contributed by atoms with Gasteiger partial charge in [-0.2, -0.15) is 0 Å². The third-order valence-corrected chi connectivity index (χ3v) is 2.99. The highest BCUT2D eigenvalue weighted by Crippen LogP contribution is 2.22. The molecule has 0 aromatic heterocycles. The van der Waals surface area contributed by atoms with E-state index in [1.807, 2.05) is 31.1 Å². The van der Waals surface area contributed by atoms with Gasteiger partial charge in [0.1, 0.15) is 5.56 Å². The van der Waals surface area contributed by atoms with Crippen molar-refractivity contribution in [3.8, 4) is 0 Å². The van der Waals surface area contributed by atoms with Crippen molar-refractivity contribution >= 4 is 17.2 Å². The molecule has 0 fully saturated rings. The molecule has 0 heterocycles. The number of nitro benzene ring substituents is 1. The quantitative estimate of drug-likeness (QED) is 0.487. The van der Waals surface area contributed by atoms with E-state index < -0.39 is 4.92 Å². The largest absolute Gasteiger partial charge is 0.378 e. The SMILES string of the molecule is CN(C)c1ccc(C(=O)c2ccccc2[N+](=O)[O-])cc1. The van der Waals surface area contributed by atoms with E-state index in [0.717, 1.165) is 5.69 Å². The number of ketones is 1. The molecular weight excluding hydrogens is 256 g/mol. The van der Waals surface area contributed by atoms with Crippen LogP contribution in [-0.4, -0.2) is 24.8 Å². The highest BCUT2D eigenvalue weighted by molar-refractivity contribution is 6.11. The second-order valence-corrected chi connectivity index (χ2v) is 4.54. The Morgan fingerprint density at radius 2 is 1.65 bits per heavy atom. The van der Waals surface area contributed by atoms with Gasteiger partial charge in [0.05, 0.1) is 4.92 Å². The molecule has 2 aromatic carbocycles. The van der Waals surface area contributed by atoms with Crippen LogP contribution in [0.4, 0.5) is 11.4 Å². The molecule has 0 saturated carbocycles. The molecule has 2 aromatic rings. The number of hydrogen-bond donors (Lipinski definition) is 0. The summed E-state index contributed by atoms with van der Waals surface area (Å²) >= 11 is 0. The van der Waals surface area contributed by atoms with Crippen LogP contribution < -0.4 is 4.90 Å². The fourth-order valence-corrected chi connectivity index (χ4v) is 1.89. The zero-order chi connectivity index (χ0) is 14.7. The molecule has 0 atom stereocenters. The summed E-state index contributed by atoms with van der Waals surface area (Å²) in [5.41, 5.74) is 1.33. The number of rotatable bonds is 4. The summed E-state index contributed by atoms with van der Waals surface area (Å²) in [4.78, 5) is 24.7. The molecule has 0 saturated heterocycles. The Morgan fingerprint density at radius 1 is 1.05 bits per heavy atom. The fourth-order valence-electron chi connectivity index (χ4n) is 1.89. The minimum atomic E-state index is -0.540. The summed E-state index contributed by atoms with van der Waals surface area (Å²) in [5, 5.41) is 10.9. The molecule has 0 amide bonds. The molecule has 5 nitrogen and oxygen atoms in total. The zero-order valence-electron chi connectivity index (χ0n) is 11.2. The number of carbonyl (C=O) groups is 1. The number of para-hydroxylation sites is 1. The highest BCUT2D eigenvalue weighted by Gasteiger charge is 2.20. The third-order valence-electron chi connectivity index (χ3n) is 2.99. The second-order valence-electron chi connectivity index (χ2n) is 4.54. The summed E-state index contributed by atoms with van der Waals surface area (Å²) in [6.07, 6.45) is 0. The molecule has 0 aliphatic heterocycles. The van der Waals surface area contributed by atoms with Crippen LogP contribution in [0.25, 0.3) is 0 Å². The Labute approximate surface area is 116 Å². The Balaban J connectivity index is 2.39. The summed E-state index contributed by atoms with van der Waals surface area (Å²) < 4.78 is 0. The van der Waals surface area contributed by atoms with E-state index in [2.05, 4.69) is 0 Å². The molecule has 0 bridgehead atoms. The van der Waals surface area contributed by atoms with E-state index in [-0.39, 0.29) is 17.0 Å². The van der Waals surface area contributed by atoms with Crippen LogP contribution in [0.2, 0.25) is 0 Å². The van der Waals surface area contributed by atoms with Gasteiger partial charge in [-0.3, -0.25) is 14.9 Å². The van der Waals surface area contributed by atoms with E-state index in [9.17, 15) is 14.9 Å². The number of nitrogens with zero attached hydrogens (tertiary/aromatic N) is 2. The van der Waals surface area contributed by atoms with Gasteiger partial charge in [-0.15, -0.1) is 0 Å². The lowest BCUT2D eigenvalue weighted by molar-refractivity contribution is -0.385. The van der Waals surface area contributed by atoms with Crippen molar-refractivity contribution in [3.63, 3.8) is 0 Å². The smallest absolute Gasteiger partial charge is 0.280 e. The van der Waals surface area contributed by atoms with E-state index >= 15 is 0 Å². The van der Waals surface area contributed by atoms with Gasteiger partial charge in [-0.25, -0.2) is 0 Å². The van der Waals surface area contributed by atoms with Gasteiger partial charge >= 0.3 is 0 Å². The number of nitro groups is 1. The van der Waals surface area contributed by atoms with Crippen LogP contribution in [0.1, 0.15) is 15.9 Å². The van der Waals surface area contributed by atoms with Gasteiger partial charge in [0.25, 0.3) is 5.69 Å². The monoisotopic (exact) mass is 270 g/mol. The minimum Gasteiger partial charge on any atom is -0.378 e. The predicted octanol–water partition coefficient (Wildman–Crippen LogP) is 2.89. The van der Waals surface area contributed by atoms with E-state index in [1.54, 1.807) is 24.3 Å². The summed E-state index contributed by atoms with van der Waals surface area (Å²) in [6.45, 7) is 0. The molecule has 0 N–H and O–H groups in total. The summed E-state index contributed by atoms with van der Waals surface area (Å²) in [7, 11) is 3.80. The molecule has 5 heteroatoms. The lowest BCUT2D eigenvalue weighted by Gasteiger charge is -2.12. The molecule has 0 spiro atoms. The molecule has 2 rings (SSSR count). The lowest BCUT2D eigenvalue weighted by Crippen LogP contribution is -2.09. The Morgan fingerprint density at radius 3 is 2.20 bits per heavy atom. The average Bonchev–Trinajstić information content (AvgIpc) is 2.46. The normalized spacial score (nSPS) is 10.1. The first-order chi connectivity index (χ1) is 9.50. The maximum Gasteiger partial charge on any atom is 0.280 e. The van der Waals surface area contributed by atoms with Gasteiger partial charge in [0, 0.05) is 31.4 Å². The van der Waals surface area contributed by atoms with Gasteiger partial charge < -0.3 is 4.90 Å². The maximum atomic E-state index is 12.3. The van der Waals surface area contributed by atoms with Crippen LogP contribution in [0, 0.1) is 10.1 Å². The van der Waals surface area contributed by atoms with Crippen molar-refractivity contribution in [2.75, 3.05) is 19.0 Å². The Kier molecular flexibility index (Phi) is 3.79. The van der Waals surface area contributed by atoms with Crippen LogP contribution in [0.15, 0.2) is 48.5 Å². The molecule has 102 valence electrons. The summed E-state index contributed by atoms with van der Waals surface area (Å²) in [5.74, 6) is -0.345. The van der Waals surface area contributed by atoms with Crippen molar-refractivity contribution < 1.29 is 9.72 Å².